The number of carbonyl (C=O) groups excluding carboxylic acids is 2. The van der Waals surface area contributed by atoms with Crippen LogP contribution in [0.4, 0.5) is 0 Å². The molecule has 3 heterocycles. The predicted octanol–water partition coefficient (Wildman–Crippen LogP) is 1.80. The van der Waals surface area contributed by atoms with Crippen LogP contribution < -0.4 is 0 Å². The summed E-state index contributed by atoms with van der Waals surface area (Å²) in [5.74, 6) is 0.573. The fraction of sp³-hybridized carbons (Fsp3) is 0.750. The maximum Gasteiger partial charge on any atom is 0.227 e. The largest absolute Gasteiger partial charge is 0.379 e. The zero-order chi connectivity index (χ0) is 20.1. The average molecular weight is 409 g/mol. The third-order valence-electron chi connectivity index (χ3n) is 5.48. The molecule has 2 aliphatic rings. The lowest BCUT2D eigenvalue weighted by Crippen LogP contribution is -2.49. The SMILES string of the molecule is CC(C)c1nc(CN(C)C(=O)C2CCC(=O)N(CCN3CCOCC3)C2)cs1. The van der Waals surface area contributed by atoms with Crippen LogP contribution in [-0.2, 0) is 20.9 Å². The number of hydrogen-bond donors (Lipinski definition) is 0. The van der Waals surface area contributed by atoms with Crippen molar-refractivity contribution < 1.29 is 14.3 Å². The van der Waals surface area contributed by atoms with E-state index in [0.717, 1.165) is 43.5 Å². The van der Waals surface area contributed by atoms with E-state index in [1.54, 1.807) is 16.2 Å². The Kier molecular flexibility index (Phi) is 7.42. The van der Waals surface area contributed by atoms with Crippen LogP contribution in [0.2, 0.25) is 0 Å². The Hall–Kier alpha value is -1.51. The standard InChI is InChI=1S/C20H32N4O3S/c1-15(2)19-21-17(14-28-19)13-22(3)20(26)16-4-5-18(25)24(12-16)7-6-23-8-10-27-11-9-23/h14-16H,4-13H2,1-3H3. The Morgan fingerprint density at radius 2 is 2.11 bits per heavy atom. The Bertz CT molecular complexity index is 672. The highest BCUT2D eigenvalue weighted by Gasteiger charge is 2.32. The maximum atomic E-state index is 12.9. The molecule has 0 N–H and O–H groups in total. The first kappa shape index (κ1) is 21.2. The second-order valence-electron chi connectivity index (χ2n) is 8.06. The molecule has 1 aromatic rings. The van der Waals surface area contributed by atoms with Gasteiger partial charge in [-0.05, 0) is 6.42 Å². The second-order valence-corrected chi connectivity index (χ2v) is 8.95. The minimum Gasteiger partial charge on any atom is -0.379 e. The molecule has 1 atom stereocenters. The number of aromatic nitrogens is 1. The summed E-state index contributed by atoms with van der Waals surface area (Å²) in [7, 11) is 1.84. The average Bonchev–Trinajstić information content (AvgIpc) is 3.16. The topological polar surface area (TPSA) is 66.0 Å². The summed E-state index contributed by atoms with van der Waals surface area (Å²) in [4.78, 5) is 35.8. The fourth-order valence-electron chi connectivity index (χ4n) is 3.71. The molecule has 2 fully saturated rings. The van der Waals surface area contributed by atoms with Crippen LogP contribution in [-0.4, -0.2) is 84.5 Å². The summed E-state index contributed by atoms with van der Waals surface area (Å²) in [6.45, 7) is 10.2. The van der Waals surface area contributed by atoms with Gasteiger partial charge >= 0.3 is 0 Å². The molecule has 156 valence electrons. The summed E-state index contributed by atoms with van der Waals surface area (Å²) < 4.78 is 5.37. The molecule has 1 unspecified atom stereocenters. The van der Waals surface area contributed by atoms with Crippen molar-refractivity contribution in [2.24, 2.45) is 5.92 Å². The number of hydrogen-bond acceptors (Lipinski definition) is 6. The molecular formula is C20H32N4O3S. The normalized spacial score (nSPS) is 21.4. The number of likely N-dealkylation sites (tertiary alicyclic amines) is 1. The molecule has 8 heteroatoms. The number of ether oxygens (including phenoxy) is 1. The first-order valence-corrected chi connectivity index (χ1v) is 11.1. The number of rotatable bonds is 7. The molecule has 0 radical (unpaired) electrons. The van der Waals surface area contributed by atoms with Crippen molar-refractivity contribution in [2.75, 3.05) is 53.0 Å². The Labute approximate surface area is 171 Å². The Balaban J connectivity index is 1.51. The van der Waals surface area contributed by atoms with Gasteiger partial charge in [-0.3, -0.25) is 14.5 Å². The van der Waals surface area contributed by atoms with Gasteiger partial charge in [0, 0.05) is 57.5 Å². The van der Waals surface area contributed by atoms with Crippen LogP contribution in [0.5, 0.6) is 0 Å². The van der Waals surface area contributed by atoms with E-state index in [1.165, 1.54) is 0 Å². The van der Waals surface area contributed by atoms with Gasteiger partial charge in [-0.2, -0.15) is 0 Å². The van der Waals surface area contributed by atoms with Crippen molar-refractivity contribution in [1.29, 1.82) is 0 Å². The molecule has 2 amide bonds. The van der Waals surface area contributed by atoms with Crippen molar-refractivity contribution >= 4 is 23.2 Å². The molecule has 0 bridgehead atoms. The van der Waals surface area contributed by atoms with E-state index < -0.39 is 0 Å². The molecule has 28 heavy (non-hydrogen) atoms. The minimum absolute atomic E-state index is 0.114. The van der Waals surface area contributed by atoms with Gasteiger partial charge in [-0.1, -0.05) is 13.8 Å². The minimum atomic E-state index is -0.115. The highest BCUT2D eigenvalue weighted by molar-refractivity contribution is 7.09. The van der Waals surface area contributed by atoms with Crippen molar-refractivity contribution in [3.05, 3.63) is 16.1 Å². The molecular weight excluding hydrogens is 376 g/mol. The van der Waals surface area contributed by atoms with Crippen LogP contribution in [0.15, 0.2) is 5.38 Å². The summed E-state index contributed by atoms with van der Waals surface area (Å²) in [6, 6.07) is 0. The third-order valence-corrected chi connectivity index (χ3v) is 6.67. The van der Waals surface area contributed by atoms with Crippen LogP contribution in [0.1, 0.15) is 43.3 Å². The van der Waals surface area contributed by atoms with Crippen molar-refractivity contribution in [3.63, 3.8) is 0 Å². The number of piperidine rings is 1. The van der Waals surface area contributed by atoms with Gasteiger partial charge in [-0.25, -0.2) is 4.98 Å². The van der Waals surface area contributed by atoms with E-state index in [2.05, 4.69) is 23.7 Å². The Morgan fingerprint density at radius 1 is 1.36 bits per heavy atom. The van der Waals surface area contributed by atoms with Gasteiger partial charge in [0.1, 0.15) is 0 Å². The molecule has 0 aromatic carbocycles. The third kappa shape index (κ3) is 5.52. The zero-order valence-corrected chi connectivity index (χ0v) is 18.0. The second kappa shape index (κ2) is 9.80. The van der Waals surface area contributed by atoms with Gasteiger partial charge in [0.05, 0.1) is 36.4 Å². The number of thiazole rings is 1. The molecule has 1 aromatic heterocycles. The molecule has 0 saturated carbocycles. The number of nitrogens with zero attached hydrogens (tertiary/aromatic N) is 4. The Morgan fingerprint density at radius 3 is 2.79 bits per heavy atom. The molecule has 2 aliphatic heterocycles. The van der Waals surface area contributed by atoms with Gasteiger partial charge < -0.3 is 14.5 Å². The summed E-state index contributed by atoms with van der Waals surface area (Å²) in [6.07, 6.45) is 1.10. The van der Waals surface area contributed by atoms with Gasteiger partial charge in [0.25, 0.3) is 0 Å². The van der Waals surface area contributed by atoms with Crippen LogP contribution in [0.25, 0.3) is 0 Å². The molecule has 3 rings (SSSR count). The molecule has 0 aliphatic carbocycles. The lowest BCUT2D eigenvalue weighted by molar-refractivity contribution is -0.142. The van der Waals surface area contributed by atoms with E-state index in [4.69, 9.17) is 4.74 Å². The lowest BCUT2D eigenvalue weighted by Gasteiger charge is -2.35. The van der Waals surface area contributed by atoms with Crippen LogP contribution >= 0.6 is 11.3 Å². The van der Waals surface area contributed by atoms with Gasteiger partial charge in [0.15, 0.2) is 0 Å². The highest BCUT2D eigenvalue weighted by atomic mass is 32.1. The molecule has 0 spiro atoms. The quantitative estimate of drug-likeness (QED) is 0.688. The van der Waals surface area contributed by atoms with Gasteiger partial charge in [0.2, 0.25) is 11.8 Å². The number of morpholine rings is 1. The monoisotopic (exact) mass is 408 g/mol. The van der Waals surface area contributed by atoms with Crippen LogP contribution in [0.3, 0.4) is 0 Å². The van der Waals surface area contributed by atoms with Crippen molar-refractivity contribution in [1.82, 2.24) is 19.7 Å². The smallest absolute Gasteiger partial charge is 0.227 e. The maximum absolute atomic E-state index is 12.9. The lowest BCUT2D eigenvalue weighted by atomic mass is 9.96. The summed E-state index contributed by atoms with van der Waals surface area (Å²) in [5, 5.41) is 3.14. The summed E-state index contributed by atoms with van der Waals surface area (Å²) >= 11 is 1.65. The van der Waals surface area contributed by atoms with E-state index in [0.29, 0.717) is 38.4 Å². The summed E-state index contributed by atoms with van der Waals surface area (Å²) in [5.41, 5.74) is 0.945. The van der Waals surface area contributed by atoms with E-state index in [-0.39, 0.29) is 17.7 Å². The molecule has 7 nitrogen and oxygen atoms in total. The molecule has 2 saturated heterocycles. The fourth-order valence-corrected chi connectivity index (χ4v) is 4.54. The van der Waals surface area contributed by atoms with Crippen molar-refractivity contribution in [3.8, 4) is 0 Å². The van der Waals surface area contributed by atoms with Crippen LogP contribution in [0, 0.1) is 5.92 Å². The zero-order valence-electron chi connectivity index (χ0n) is 17.2. The number of amides is 2. The first-order valence-electron chi connectivity index (χ1n) is 10.2. The number of carbonyl (C=O) groups is 2. The van der Waals surface area contributed by atoms with E-state index in [9.17, 15) is 9.59 Å². The first-order chi connectivity index (χ1) is 13.4. The van der Waals surface area contributed by atoms with E-state index >= 15 is 0 Å². The predicted molar refractivity (Wildman–Crippen MR) is 109 cm³/mol. The van der Waals surface area contributed by atoms with Gasteiger partial charge in [-0.15, -0.1) is 11.3 Å². The van der Waals surface area contributed by atoms with E-state index in [1.807, 2.05) is 17.3 Å². The van der Waals surface area contributed by atoms with Crippen molar-refractivity contribution in [2.45, 2.75) is 39.2 Å². The highest BCUT2D eigenvalue weighted by Crippen LogP contribution is 2.22.